The minimum atomic E-state index is -0.849. The van der Waals surface area contributed by atoms with Gasteiger partial charge in [-0.3, -0.25) is 14.6 Å². The Morgan fingerprint density at radius 1 is 1.33 bits per heavy atom. The number of aromatic nitrogens is 1. The van der Waals surface area contributed by atoms with Crippen LogP contribution in [0.4, 0.5) is 0 Å². The summed E-state index contributed by atoms with van der Waals surface area (Å²) in [5.41, 5.74) is -0.338. The zero-order valence-electron chi connectivity index (χ0n) is 10.9. The van der Waals surface area contributed by atoms with Crippen molar-refractivity contribution in [2.75, 3.05) is 0 Å². The van der Waals surface area contributed by atoms with Crippen LogP contribution in [-0.4, -0.2) is 22.3 Å². The summed E-state index contributed by atoms with van der Waals surface area (Å²) in [7, 11) is 0. The molecular weight excluding hydrogens is 298 g/mol. The highest BCUT2D eigenvalue weighted by Gasteiger charge is 2.28. The number of rotatable bonds is 3. The first kappa shape index (κ1) is 14.8. The third-order valence-electron chi connectivity index (χ3n) is 2.13. The van der Waals surface area contributed by atoms with Crippen molar-refractivity contribution in [2.24, 2.45) is 5.92 Å². The number of ketones is 1. The minimum absolute atomic E-state index is 0.261. The van der Waals surface area contributed by atoms with Gasteiger partial charge in [0.05, 0.1) is 0 Å². The molecule has 1 rings (SSSR count). The van der Waals surface area contributed by atoms with Gasteiger partial charge in [-0.1, -0.05) is 0 Å². The molecule has 0 radical (unpaired) electrons. The van der Waals surface area contributed by atoms with E-state index < -0.39 is 17.5 Å². The summed E-state index contributed by atoms with van der Waals surface area (Å²) in [6.07, 6.45) is 1.52. The van der Waals surface area contributed by atoms with Gasteiger partial charge in [-0.25, -0.2) is 0 Å². The molecule has 98 valence electrons. The quantitative estimate of drug-likeness (QED) is 0.489. The molecule has 18 heavy (non-hydrogen) atoms. The Hall–Kier alpha value is -1.23. The van der Waals surface area contributed by atoms with Crippen LogP contribution in [0.5, 0.6) is 0 Å². The van der Waals surface area contributed by atoms with Crippen molar-refractivity contribution >= 4 is 27.7 Å². The Labute approximate surface area is 115 Å². The fourth-order valence-electron chi connectivity index (χ4n) is 1.24. The number of carbonyl (C=O) groups excluding carboxylic acids is 2. The van der Waals surface area contributed by atoms with Crippen molar-refractivity contribution < 1.29 is 14.3 Å². The third-order valence-corrected chi connectivity index (χ3v) is 2.60. The van der Waals surface area contributed by atoms with Crippen LogP contribution >= 0.6 is 15.9 Å². The topological polar surface area (TPSA) is 56.3 Å². The van der Waals surface area contributed by atoms with Gasteiger partial charge in [-0.15, -0.1) is 0 Å². The molecule has 0 aromatic carbocycles. The summed E-state index contributed by atoms with van der Waals surface area (Å²) in [6.45, 7) is 6.82. The van der Waals surface area contributed by atoms with Crippen LogP contribution in [0.2, 0.25) is 0 Å². The molecule has 0 amide bonds. The summed E-state index contributed by atoms with van der Waals surface area (Å²) in [5.74, 6) is -1.72. The van der Waals surface area contributed by atoms with E-state index in [1.54, 1.807) is 32.9 Å². The second-order valence-corrected chi connectivity index (χ2v) is 5.90. The number of esters is 1. The van der Waals surface area contributed by atoms with Crippen LogP contribution in [0, 0.1) is 5.92 Å². The van der Waals surface area contributed by atoms with Crippen LogP contribution in [0.25, 0.3) is 0 Å². The van der Waals surface area contributed by atoms with Gasteiger partial charge in [-0.2, -0.15) is 0 Å². The molecule has 1 atom stereocenters. The number of ether oxygens (including phenoxy) is 1. The second kappa shape index (κ2) is 5.61. The van der Waals surface area contributed by atoms with E-state index in [2.05, 4.69) is 20.9 Å². The van der Waals surface area contributed by atoms with Crippen molar-refractivity contribution in [3.05, 3.63) is 28.5 Å². The van der Waals surface area contributed by atoms with E-state index in [1.165, 1.54) is 13.1 Å². The fourth-order valence-corrected chi connectivity index (χ4v) is 1.48. The molecule has 0 saturated heterocycles. The number of carbonyl (C=O) groups is 2. The predicted molar refractivity (Wildman–Crippen MR) is 71.3 cm³/mol. The highest BCUT2D eigenvalue weighted by atomic mass is 79.9. The lowest BCUT2D eigenvalue weighted by molar-refractivity contribution is -0.157. The van der Waals surface area contributed by atoms with Gasteiger partial charge >= 0.3 is 5.97 Å². The molecule has 0 spiro atoms. The molecule has 0 saturated carbocycles. The normalized spacial score (nSPS) is 12.9. The Morgan fingerprint density at radius 3 is 2.39 bits per heavy atom. The van der Waals surface area contributed by atoms with Crippen LogP contribution in [-0.2, 0) is 9.53 Å². The largest absolute Gasteiger partial charge is 0.459 e. The maximum atomic E-state index is 12.0. The van der Waals surface area contributed by atoms with E-state index in [1.807, 2.05) is 0 Å². The number of nitrogens with zero attached hydrogens (tertiary/aromatic N) is 1. The van der Waals surface area contributed by atoms with Gasteiger partial charge in [0.2, 0.25) is 0 Å². The van der Waals surface area contributed by atoms with E-state index >= 15 is 0 Å². The molecular formula is C13H16BrNO3. The molecule has 0 aliphatic carbocycles. The maximum absolute atomic E-state index is 12.0. The van der Waals surface area contributed by atoms with Crippen molar-refractivity contribution in [3.63, 3.8) is 0 Å². The van der Waals surface area contributed by atoms with Crippen molar-refractivity contribution in [1.82, 2.24) is 4.98 Å². The zero-order valence-corrected chi connectivity index (χ0v) is 12.4. The molecule has 0 aliphatic heterocycles. The molecule has 1 aromatic heterocycles. The molecule has 1 unspecified atom stereocenters. The summed E-state index contributed by atoms with van der Waals surface area (Å²) >= 11 is 3.23. The second-order valence-electron chi connectivity index (χ2n) is 4.98. The van der Waals surface area contributed by atoms with Crippen LogP contribution in [0.1, 0.15) is 38.2 Å². The molecule has 0 bridgehead atoms. The van der Waals surface area contributed by atoms with E-state index in [0.717, 1.165) is 4.47 Å². The van der Waals surface area contributed by atoms with Crippen molar-refractivity contribution in [1.29, 1.82) is 0 Å². The highest BCUT2D eigenvalue weighted by molar-refractivity contribution is 9.10. The lowest BCUT2D eigenvalue weighted by Gasteiger charge is -2.21. The Morgan fingerprint density at radius 2 is 1.94 bits per heavy atom. The monoisotopic (exact) mass is 313 g/mol. The summed E-state index contributed by atoms with van der Waals surface area (Å²) < 4.78 is 5.95. The number of hydrogen-bond donors (Lipinski definition) is 0. The fraction of sp³-hybridized carbons (Fsp3) is 0.462. The van der Waals surface area contributed by atoms with Crippen LogP contribution < -0.4 is 0 Å². The number of halogens is 1. The van der Waals surface area contributed by atoms with Crippen LogP contribution in [0.3, 0.4) is 0 Å². The van der Waals surface area contributed by atoms with Gasteiger partial charge in [0.15, 0.2) is 5.78 Å². The van der Waals surface area contributed by atoms with Gasteiger partial charge in [0.25, 0.3) is 0 Å². The average Bonchev–Trinajstić information content (AvgIpc) is 2.26. The molecule has 1 heterocycles. The highest BCUT2D eigenvalue weighted by Crippen LogP contribution is 2.15. The summed E-state index contributed by atoms with van der Waals surface area (Å²) in [5, 5.41) is 0. The maximum Gasteiger partial charge on any atom is 0.317 e. The van der Waals surface area contributed by atoms with E-state index in [9.17, 15) is 9.59 Å². The average molecular weight is 314 g/mol. The predicted octanol–water partition coefficient (Wildman–Crippen LogP) is 3.00. The number of Topliss-reactive ketones (excluding diaryl/α,β-unsaturated/α-hetero) is 1. The first-order chi connectivity index (χ1) is 8.20. The SMILES string of the molecule is CC(C(=O)OC(C)(C)C)C(=O)c1ccc(Br)cn1. The first-order valence-corrected chi connectivity index (χ1v) is 6.38. The van der Waals surface area contributed by atoms with Crippen molar-refractivity contribution in [2.45, 2.75) is 33.3 Å². The van der Waals surface area contributed by atoms with E-state index in [-0.39, 0.29) is 11.5 Å². The third kappa shape index (κ3) is 4.22. The Balaban J connectivity index is 2.78. The van der Waals surface area contributed by atoms with Gasteiger partial charge in [0.1, 0.15) is 17.2 Å². The molecule has 0 N–H and O–H groups in total. The lowest BCUT2D eigenvalue weighted by atomic mass is 10.0. The van der Waals surface area contributed by atoms with E-state index in [0.29, 0.717) is 0 Å². The molecule has 0 fully saturated rings. The van der Waals surface area contributed by atoms with E-state index in [4.69, 9.17) is 4.74 Å². The van der Waals surface area contributed by atoms with Gasteiger partial charge in [-0.05, 0) is 55.8 Å². The summed E-state index contributed by atoms with van der Waals surface area (Å²) in [6, 6.07) is 3.29. The van der Waals surface area contributed by atoms with Gasteiger partial charge < -0.3 is 4.74 Å². The van der Waals surface area contributed by atoms with Crippen molar-refractivity contribution in [3.8, 4) is 0 Å². The molecule has 5 heteroatoms. The van der Waals surface area contributed by atoms with Gasteiger partial charge in [0, 0.05) is 10.7 Å². The number of hydrogen-bond acceptors (Lipinski definition) is 4. The minimum Gasteiger partial charge on any atom is -0.459 e. The zero-order chi connectivity index (χ0) is 13.9. The summed E-state index contributed by atoms with van der Waals surface area (Å²) in [4.78, 5) is 27.7. The molecule has 1 aromatic rings. The van der Waals surface area contributed by atoms with Crippen LogP contribution in [0.15, 0.2) is 22.8 Å². The first-order valence-electron chi connectivity index (χ1n) is 5.59. The lowest BCUT2D eigenvalue weighted by Crippen LogP contribution is -2.31. The molecule has 4 nitrogen and oxygen atoms in total. The number of pyridine rings is 1. The standard InChI is InChI=1S/C13H16BrNO3/c1-8(12(17)18-13(2,3)4)11(16)10-6-5-9(14)7-15-10/h5-8H,1-4H3. The smallest absolute Gasteiger partial charge is 0.317 e. The Bertz CT molecular complexity index is 448. The molecule has 0 aliphatic rings. The Kier molecular flexibility index (Phi) is 4.62.